The zero-order valence-corrected chi connectivity index (χ0v) is 19.8. The molecule has 0 heterocycles. The zero-order valence-electron chi connectivity index (χ0n) is 17.6. The van der Waals surface area contributed by atoms with Gasteiger partial charge in [-0.25, -0.2) is 0 Å². The third-order valence-corrected chi connectivity index (χ3v) is 13.1. The van der Waals surface area contributed by atoms with Crippen LogP contribution >= 0.6 is 0 Å². The van der Waals surface area contributed by atoms with Gasteiger partial charge in [0.05, 0.1) is 0 Å². The lowest BCUT2D eigenvalue weighted by Crippen LogP contribution is -2.58. The van der Waals surface area contributed by atoms with Gasteiger partial charge in [-0.1, -0.05) is 54.9 Å². The minimum atomic E-state index is -1.67. The Morgan fingerprint density at radius 2 is 1.17 bits per heavy atom. The second-order valence-electron chi connectivity index (χ2n) is 7.12. The monoisotopic (exact) mass is 365 g/mol. The van der Waals surface area contributed by atoms with Crippen LogP contribution in [0.1, 0.15) is 61.3 Å². The molecule has 0 amide bonds. The Kier molecular flexibility index (Phi) is 15.0. The van der Waals surface area contributed by atoms with Gasteiger partial charge in [-0.05, 0) is 36.6 Å². The van der Waals surface area contributed by atoms with Gasteiger partial charge in [0.25, 0.3) is 0 Å². The summed E-state index contributed by atoms with van der Waals surface area (Å²) >= 11 is 0. The molecule has 0 bridgehead atoms. The van der Waals surface area contributed by atoms with Crippen molar-refractivity contribution < 1.29 is 13.3 Å². The second-order valence-corrected chi connectivity index (χ2v) is 15.1. The van der Waals surface area contributed by atoms with E-state index in [2.05, 4.69) is 60.1 Å². The Bertz CT molecular complexity index is 245. The molecule has 0 aromatic rings. The van der Waals surface area contributed by atoms with Crippen LogP contribution in [0.2, 0.25) is 16.6 Å². The van der Waals surface area contributed by atoms with Gasteiger partial charge >= 0.3 is 9.53 Å². The van der Waals surface area contributed by atoms with Crippen molar-refractivity contribution in [2.75, 3.05) is 34.9 Å². The lowest BCUT2D eigenvalue weighted by atomic mass is 10.3. The van der Waals surface area contributed by atoms with Crippen molar-refractivity contribution in [3.63, 3.8) is 0 Å². The summed E-state index contributed by atoms with van der Waals surface area (Å²) in [5, 5.41) is 0. The standard InChI is InChI=1S/C14H33NSi.C3H10O3Si/c1-9-10-11-15(8)16(12(2)3,13(4)5)14(6)7;1-4-7(5-2)6-3/h12-14H,9-11H2,1-8H3;7H,1-3H3. The van der Waals surface area contributed by atoms with Gasteiger partial charge in [0.15, 0.2) is 0 Å². The predicted octanol–water partition coefficient (Wildman–Crippen LogP) is 4.54. The number of nitrogens with zero attached hydrogens (tertiary/aromatic N) is 1. The van der Waals surface area contributed by atoms with Crippen LogP contribution in [0.5, 0.6) is 0 Å². The molecule has 0 aliphatic carbocycles. The molecule has 0 N–H and O–H groups in total. The maximum atomic E-state index is 4.74. The van der Waals surface area contributed by atoms with E-state index in [9.17, 15) is 0 Å². The molecule has 0 unspecified atom stereocenters. The molecule has 0 aliphatic heterocycles. The molecule has 0 spiro atoms. The first-order valence-corrected chi connectivity index (χ1v) is 12.5. The summed E-state index contributed by atoms with van der Waals surface area (Å²) in [5.41, 5.74) is 2.53. The van der Waals surface area contributed by atoms with Gasteiger partial charge in [0, 0.05) is 21.3 Å². The number of unbranched alkanes of at least 4 members (excludes halogenated alkanes) is 1. The molecule has 6 heteroatoms. The molecule has 4 nitrogen and oxygen atoms in total. The van der Waals surface area contributed by atoms with Crippen LogP contribution in [0.4, 0.5) is 0 Å². The third-order valence-electron chi connectivity index (χ3n) is 4.86. The maximum Gasteiger partial charge on any atom is 0.483 e. The van der Waals surface area contributed by atoms with Crippen molar-refractivity contribution in [2.24, 2.45) is 0 Å². The molecule has 0 aromatic carbocycles. The Balaban J connectivity index is 0. The second kappa shape index (κ2) is 13.6. The minimum absolute atomic E-state index is 0.842. The first kappa shape index (κ1) is 25.5. The molecule has 0 aliphatic rings. The van der Waals surface area contributed by atoms with Crippen molar-refractivity contribution in [3.8, 4) is 0 Å². The van der Waals surface area contributed by atoms with E-state index >= 15 is 0 Å². The van der Waals surface area contributed by atoms with Crippen LogP contribution in [0.3, 0.4) is 0 Å². The minimum Gasteiger partial charge on any atom is -0.379 e. The molecule has 0 saturated carbocycles. The number of rotatable bonds is 10. The highest BCUT2D eigenvalue weighted by Gasteiger charge is 2.46. The van der Waals surface area contributed by atoms with Crippen LogP contribution < -0.4 is 0 Å². The molecule has 0 fully saturated rings. The van der Waals surface area contributed by atoms with Gasteiger partial charge in [0.1, 0.15) is 8.24 Å². The van der Waals surface area contributed by atoms with Crippen LogP contribution in [0, 0.1) is 0 Å². The lowest BCUT2D eigenvalue weighted by molar-refractivity contribution is 0.163. The summed E-state index contributed by atoms with van der Waals surface area (Å²) in [7, 11) is 4.09. The number of hydrogen-bond acceptors (Lipinski definition) is 4. The molecule has 0 rings (SSSR count). The average Bonchev–Trinajstić information content (AvgIpc) is 2.47. The largest absolute Gasteiger partial charge is 0.483 e. The van der Waals surface area contributed by atoms with Crippen LogP contribution in [-0.4, -0.2) is 57.3 Å². The van der Waals surface area contributed by atoms with Gasteiger partial charge < -0.3 is 17.8 Å². The summed E-state index contributed by atoms with van der Waals surface area (Å²) in [6.45, 7) is 18.2. The summed E-state index contributed by atoms with van der Waals surface area (Å²) in [6.07, 6.45) is 2.65. The van der Waals surface area contributed by atoms with Crippen molar-refractivity contribution in [3.05, 3.63) is 0 Å². The SMILES string of the molecule is CCCCN(C)[Si](C(C)C)(C(C)C)C(C)C.CO[SiH](OC)OC. The Morgan fingerprint density at radius 3 is 1.35 bits per heavy atom. The van der Waals surface area contributed by atoms with Gasteiger partial charge in [-0.3, -0.25) is 0 Å². The van der Waals surface area contributed by atoms with Crippen LogP contribution in [0.25, 0.3) is 0 Å². The maximum absolute atomic E-state index is 4.74. The quantitative estimate of drug-likeness (QED) is 0.532. The van der Waals surface area contributed by atoms with E-state index in [1.807, 2.05) is 0 Å². The van der Waals surface area contributed by atoms with E-state index in [1.165, 1.54) is 19.4 Å². The van der Waals surface area contributed by atoms with E-state index in [0.29, 0.717) is 0 Å². The molecule has 0 aromatic heterocycles. The topological polar surface area (TPSA) is 30.9 Å². The summed E-state index contributed by atoms with van der Waals surface area (Å²) in [4.78, 5) is 0. The van der Waals surface area contributed by atoms with Gasteiger partial charge in [-0.2, -0.15) is 0 Å². The van der Waals surface area contributed by atoms with E-state index in [1.54, 1.807) is 21.3 Å². The molecule has 0 atom stereocenters. The summed E-state index contributed by atoms with van der Waals surface area (Å²) < 4.78 is 17.0. The Labute approximate surface area is 148 Å². The molecule has 23 heavy (non-hydrogen) atoms. The lowest BCUT2D eigenvalue weighted by Gasteiger charge is -2.49. The van der Waals surface area contributed by atoms with E-state index in [4.69, 9.17) is 13.3 Å². The van der Waals surface area contributed by atoms with Crippen molar-refractivity contribution in [1.29, 1.82) is 0 Å². The van der Waals surface area contributed by atoms with Crippen LogP contribution in [-0.2, 0) is 13.3 Å². The third kappa shape index (κ3) is 7.79. The average molecular weight is 366 g/mol. The van der Waals surface area contributed by atoms with Crippen molar-refractivity contribution in [2.45, 2.75) is 77.9 Å². The zero-order chi connectivity index (χ0) is 18.6. The van der Waals surface area contributed by atoms with E-state index < -0.39 is 17.8 Å². The molecular formula is C17H43NO3Si2. The fraction of sp³-hybridized carbons (Fsp3) is 1.00. The Morgan fingerprint density at radius 1 is 0.826 bits per heavy atom. The fourth-order valence-electron chi connectivity index (χ4n) is 4.20. The first-order valence-electron chi connectivity index (χ1n) is 8.96. The van der Waals surface area contributed by atoms with E-state index in [0.717, 1.165) is 16.6 Å². The molecule has 0 radical (unpaired) electrons. The summed E-state index contributed by atoms with van der Waals surface area (Å²) in [5.74, 6) is 0. The Hall–Kier alpha value is 0.274. The van der Waals surface area contributed by atoms with Crippen molar-refractivity contribution >= 4 is 17.8 Å². The molecule has 142 valence electrons. The first-order chi connectivity index (χ1) is 10.7. The normalized spacial score (nSPS) is 12.5. The molecular weight excluding hydrogens is 322 g/mol. The molecule has 0 saturated heterocycles. The predicted molar refractivity (Wildman–Crippen MR) is 107 cm³/mol. The highest BCUT2D eigenvalue weighted by molar-refractivity contribution is 6.80. The van der Waals surface area contributed by atoms with Crippen LogP contribution in [0.15, 0.2) is 0 Å². The van der Waals surface area contributed by atoms with Gasteiger partial charge in [-0.15, -0.1) is 0 Å². The highest BCUT2D eigenvalue weighted by Crippen LogP contribution is 2.43. The van der Waals surface area contributed by atoms with Crippen molar-refractivity contribution in [1.82, 2.24) is 4.57 Å². The fourth-order valence-corrected chi connectivity index (χ4v) is 12.0. The van der Waals surface area contributed by atoms with E-state index in [-0.39, 0.29) is 0 Å². The smallest absolute Gasteiger partial charge is 0.379 e. The summed E-state index contributed by atoms with van der Waals surface area (Å²) in [6, 6.07) is 0. The van der Waals surface area contributed by atoms with Gasteiger partial charge in [0.2, 0.25) is 0 Å². The number of hydrogen-bond donors (Lipinski definition) is 0. The highest BCUT2D eigenvalue weighted by atomic mass is 28.3.